The normalized spacial score (nSPS) is 13.4. The number of rotatable bonds is 2. The minimum Gasteiger partial charge on any atom is -0.386 e. The number of fused-ring (bicyclic) bond motifs is 1. The summed E-state index contributed by atoms with van der Waals surface area (Å²) in [7, 11) is 0. The average Bonchev–Trinajstić information content (AvgIpc) is 2.59. The Hall–Kier alpha value is -0.570. The largest absolute Gasteiger partial charge is 0.386 e. The summed E-state index contributed by atoms with van der Waals surface area (Å²) in [5, 5.41) is 10.7. The van der Waals surface area contributed by atoms with E-state index < -0.39 is 6.10 Å². The molecule has 1 aromatic carbocycles. The third kappa shape index (κ3) is 1.70. The molecule has 68 valence electrons. The smallest absolute Gasteiger partial charge is 0.102 e. The van der Waals surface area contributed by atoms with E-state index >= 15 is 0 Å². The first-order chi connectivity index (χ1) is 6.31. The molecule has 3 heteroatoms. The van der Waals surface area contributed by atoms with Crippen LogP contribution in [0, 0.1) is 0 Å². The molecule has 2 rings (SSSR count). The Morgan fingerprint density at radius 3 is 2.85 bits per heavy atom. The van der Waals surface area contributed by atoms with Crippen LogP contribution in [0.3, 0.4) is 0 Å². The van der Waals surface area contributed by atoms with E-state index in [4.69, 9.17) is 11.6 Å². The summed E-state index contributed by atoms with van der Waals surface area (Å²) in [6, 6.07) is 10.1. The summed E-state index contributed by atoms with van der Waals surface area (Å²) >= 11 is 7.17. The molecule has 2 aromatic rings. The van der Waals surface area contributed by atoms with E-state index in [0.29, 0.717) is 0 Å². The number of aliphatic hydroxyl groups excluding tert-OH is 1. The zero-order valence-corrected chi connectivity index (χ0v) is 8.48. The van der Waals surface area contributed by atoms with Gasteiger partial charge in [-0.05, 0) is 17.5 Å². The third-order valence-corrected chi connectivity index (χ3v) is 3.43. The van der Waals surface area contributed by atoms with Crippen LogP contribution in [0.25, 0.3) is 10.1 Å². The Bertz CT molecular complexity index is 377. The molecule has 0 bridgehead atoms. The topological polar surface area (TPSA) is 20.2 Å². The van der Waals surface area contributed by atoms with Gasteiger partial charge in [-0.3, -0.25) is 0 Å². The monoisotopic (exact) mass is 212 g/mol. The van der Waals surface area contributed by atoms with Gasteiger partial charge in [0.1, 0.15) is 6.10 Å². The minimum atomic E-state index is -0.529. The predicted octanol–water partition coefficient (Wildman–Crippen LogP) is 3.17. The fourth-order valence-electron chi connectivity index (χ4n) is 1.24. The van der Waals surface area contributed by atoms with Crippen LogP contribution >= 0.6 is 22.9 Å². The molecule has 0 aliphatic carbocycles. The quantitative estimate of drug-likeness (QED) is 0.759. The van der Waals surface area contributed by atoms with Crippen molar-refractivity contribution in [3.8, 4) is 0 Å². The van der Waals surface area contributed by atoms with Crippen LogP contribution in [-0.4, -0.2) is 11.0 Å². The molecule has 0 unspecified atom stereocenters. The van der Waals surface area contributed by atoms with Crippen LogP contribution in [0.15, 0.2) is 30.3 Å². The van der Waals surface area contributed by atoms with Crippen LogP contribution in [0.4, 0.5) is 0 Å². The summed E-state index contributed by atoms with van der Waals surface area (Å²) in [5.74, 6) is 0.257. The van der Waals surface area contributed by atoms with Crippen LogP contribution in [0.2, 0.25) is 0 Å². The zero-order valence-electron chi connectivity index (χ0n) is 6.90. The molecule has 0 saturated heterocycles. The van der Waals surface area contributed by atoms with Crippen molar-refractivity contribution in [1.82, 2.24) is 0 Å². The molecule has 1 aromatic heterocycles. The fraction of sp³-hybridized carbons (Fsp3) is 0.200. The lowest BCUT2D eigenvalue weighted by atomic mass is 10.2. The molecule has 1 nitrogen and oxygen atoms in total. The van der Waals surface area contributed by atoms with Gasteiger partial charge in [-0.25, -0.2) is 0 Å². The Labute approximate surface area is 85.6 Å². The predicted molar refractivity (Wildman–Crippen MR) is 57.5 cm³/mol. The van der Waals surface area contributed by atoms with Crippen LogP contribution in [-0.2, 0) is 0 Å². The van der Waals surface area contributed by atoms with Crippen LogP contribution in [0.1, 0.15) is 11.0 Å². The molecular formula is C10H9ClOS. The number of hydrogen-bond acceptors (Lipinski definition) is 2. The molecule has 0 spiro atoms. The Morgan fingerprint density at radius 1 is 1.38 bits per heavy atom. The second-order valence-electron chi connectivity index (χ2n) is 2.86. The lowest BCUT2D eigenvalue weighted by molar-refractivity contribution is 0.206. The molecule has 13 heavy (non-hydrogen) atoms. The molecule has 0 fully saturated rings. The summed E-state index contributed by atoms with van der Waals surface area (Å²) in [4.78, 5) is 0.941. The lowest BCUT2D eigenvalue weighted by Gasteiger charge is -2.00. The summed E-state index contributed by atoms with van der Waals surface area (Å²) in [6.07, 6.45) is -0.529. The molecular weight excluding hydrogens is 204 g/mol. The second kappa shape index (κ2) is 3.66. The van der Waals surface area contributed by atoms with Crippen molar-refractivity contribution in [3.05, 3.63) is 35.2 Å². The highest BCUT2D eigenvalue weighted by Gasteiger charge is 2.09. The molecule has 0 radical (unpaired) electrons. The number of benzene rings is 1. The van der Waals surface area contributed by atoms with E-state index in [2.05, 4.69) is 0 Å². The first kappa shape index (κ1) is 9.00. The van der Waals surface area contributed by atoms with E-state index in [9.17, 15) is 5.11 Å². The van der Waals surface area contributed by atoms with Crippen molar-refractivity contribution < 1.29 is 5.11 Å². The van der Waals surface area contributed by atoms with Crippen molar-refractivity contribution in [1.29, 1.82) is 0 Å². The fourth-order valence-corrected chi connectivity index (χ4v) is 2.55. The van der Waals surface area contributed by atoms with Crippen LogP contribution < -0.4 is 0 Å². The molecule has 1 N–H and O–H groups in total. The molecule has 0 saturated carbocycles. The van der Waals surface area contributed by atoms with Gasteiger partial charge in [0.2, 0.25) is 0 Å². The van der Waals surface area contributed by atoms with Gasteiger partial charge in [0, 0.05) is 9.58 Å². The van der Waals surface area contributed by atoms with E-state index in [1.807, 2.05) is 30.3 Å². The standard InChI is InChI=1S/C10H9ClOS/c11-6-8(12)10-5-7-3-1-2-4-9(7)13-10/h1-5,8,12H,6H2/t8-/m0/s1. The van der Waals surface area contributed by atoms with Gasteiger partial charge in [0.15, 0.2) is 0 Å². The molecule has 0 aliphatic heterocycles. The van der Waals surface area contributed by atoms with Crippen molar-refractivity contribution in [3.63, 3.8) is 0 Å². The lowest BCUT2D eigenvalue weighted by Crippen LogP contribution is -1.93. The Morgan fingerprint density at radius 2 is 2.15 bits per heavy atom. The van der Waals surface area contributed by atoms with Crippen molar-refractivity contribution in [2.24, 2.45) is 0 Å². The molecule has 0 aliphatic rings. The summed E-state index contributed by atoms with van der Waals surface area (Å²) in [5.41, 5.74) is 0. The van der Waals surface area contributed by atoms with E-state index in [1.54, 1.807) is 11.3 Å². The molecule has 1 heterocycles. The first-order valence-electron chi connectivity index (χ1n) is 4.04. The highest BCUT2D eigenvalue weighted by Crippen LogP contribution is 2.29. The summed E-state index contributed by atoms with van der Waals surface area (Å²) < 4.78 is 1.20. The van der Waals surface area contributed by atoms with Crippen molar-refractivity contribution >= 4 is 33.0 Å². The van der Waals surface area contributed by atoms with Crippen molar-refractivity contribution in [2.75, 3.05) is 5.88 Å². The van der Waals surface area contributed by atoms with Gasteiger partial charge in [0.25, 0.3) is 0 Å². The highest BCUT2D eigenvalue weighted by atomic mass is 35.5. The van der Waals surface area contributed by atoms with Gasteiger partial charge in [-0.2, -0.15) is 0 Å². The maximum Gasteiger partial charge on any atom is 0.102 e. The zero-order chi connectivity index (χ0) is 9.26. The Kier molecular flexibility index (Phi) is 2.54. The number of halogens is 1. The number of hydrogen-bond donors (Lipinski definition) is 1. The average molecular weight is 213 g/mol. The van der Waals surface area contributed by atoms with E-state index in [1.165, 1.54) is 10.1 Å². The van der Waals surface area contributed by atoms with Gasteiger partial charge < -0.3 is 5.11 Å². The number of thiophene rings is 1. The van der Waals surface area contributed by atoms with E-state index in [-0.39, 0.29) is 5.88 Å². The van der Waals surface area contributed by atoms with Gasteiger partial charge in [0.05, 0.1) is 5.88 Å². The third-order valence-electron chi connectivity index (χ3n) is 1.92. The SMILES string of the molecule is O[C@@H](CCl)c1cc2ccccc2s1. The summed E-state index contributed by atoms with van der Waals surface area (Å²) in [6.45, 7) is 0. The highest BCUT2D eigenvalue weighted by molar-refractivity contribution is 7.19. The Balaban J connectivity index is 2.49. The van der Waals surface area contributed by atoms with Crippen LogP contribution in [0.5, 0.6) is 0 Å². The maximum absolute atomic E-state index is 9.51. The minimum absolute atomic E-state index is 0.257. The van der Waals surface area contributed by atoms with Gasteiger partial charge in [-0.15, -0.1) is 22.9 Å². The molecule has 1 atom stereocenters. The first-order valence-corrected chi connectivity index (χ1v) is 5.39. The number of aliphatic hydroxyl groups is 1. The second-order valence-corrected chi connectivity index (χ2v) is 4.28. The van der Waals surface area contributed by atoms with Gasteiger partial charge >= 0.3 is 0 Å². The molecule has 0 amide bonds. The maximum atomic E-state index is 9.51. The van der Waals surface area contributed by atoms with Crippen molar-refractivity contribution in [2.45, 2.75) is 6.10 Å². The van der Waals surface area contributed by atoms with E-state index in [0.717, 1.165) is 4.88 Å². The number of alkyl halides is 1. The van der Waals surface area contributed by atoms with Gasteiger partial charge in [-0.1, -0.05) is 18.2 Å².